The standard InChI is InChI=1S/C35H29F5N4O7S/c1-18-41-31(20-7-9-27-28(14-20)51-35(39,40)50-27)32(49-18)23-12-19(21-13-25(36)24(17-45)29(15-21)52(3,47)48)6-8-22(23)26-16-30(42-43(26)2)34(37,38)33(46)44-10-4-5-11-44/h6-9,12-16,45H,4-5,10-11,17H2,1-3H3. The summed E-state index contributed by atoms with van der Waals surface area (Å²) < 4.78 is 116. The summed E-state index contributed by atoms with van der Waals surface area (Å²) in [6.07, 6.45) is -1.82. The summed E-state index contributed by atoms with van der Waals surface area (Å²) in [6.45, 7) is 1.04. The van der Waals surface area contributed by atoms with Crippen molar-refractivity contribution in [2.75, 3.05) is 19.3 Å². The Morgan fingerprint density at radius 2 is 1.65 bits per heavy atom. The number of halogens is 5. The molecule has 17 heteroatoms. The Bertz CT molecular complexity index is 2370. The molecular weight excluding hydrogens is 715 g/mol. The lowest BCUT2D eigenvalue weighted by Gasteiger charge is -2.21. The van der Waals surface area contributed by atoms with E-state index < -0.39 is 56.5 Å². The van der Waals surface area contributed by atoms with Gasteiger partial charge >= 0.3 is 12.2 Å². The van der Waals surface area contributed by atoms with E-state index in [4.69, 9.17) is 4.42 Å². The molecule has 2 aliphatic rings. The predicted molar refractivity (Wildman–Crippen MR) is 175 cm³/mol. The van der Waals surface area contributed by atoms with Gasteiger partial charge in [0.2, 0.25) is 0 Å². The first-order valence-corrected chi connectivity index (χ1v) is 17.7. The van der Waals surface area contributed by atoms with Gasteiger partial charge in [-0.05, 0) is 66.4 Å². The average Bonchev–Trinajstić information content (AvgIpc) is 3.88. The Morgan fingerprint density at radius 1 is 0.962 bits per heavy atom. The van der Waals surface area contributed by atoms with Gasteiger partial charge in [0.1, 0.15) is 17.2 Å². The average molecular weight is 745 g/mol. The lowest BCUT2D eigenvalue weighted by Crippen LogP contribution is -2.40. The van der Waals surface area contributed by atoms with Crippen molar-refractivity contribution in [3.8, 4) is 56.5 Å². The summed E-state index contributed by atoms with van der Waals surface area (Å²) in [5, 5.41) is 13.7. The highest BCUT2D eigenvalue weighted by atomic mass is 32.2. The lowest BCUT2D eigenvalue weighted by molar-refractivity contribution is -0.286. The molecule has 1 N–H and O–H groups in total. The van der Waals surface area contributed by atoms with Gasteiger partial charge in [-0.15, -0.1) is 8.78 Å². The SMILES string of the molecule is Cc1nc(-c2ccc3c(c2)OC(F)(F)O3)c(-c2cc(-c3cc(F)c(CO)c(S(C)(=O)=O)c3)ccc2-c2cc(C(F)(F)C(=O)N3CCCC3)nn2C)o1. The van der Waals surface area contributed by atoms with Crippen LogP contribution in [0.25, 0.3) is 45.0 Å². The maximum Gasteiger partial charge on any atom is 0.586 e. The number of nitrogens with zero attached hydrogens (tertiary/aromatic N) is 4. The van der Waals surface area contributed by atoms with Gasteiger partial charge in [0.25, 0.3) is 5.91 Å². The fourth-order valence-electron chi connectivity index (χ4n) is 6.40. The number of hydrogen-bond acceptors (Lipinski definition) is 9. The van der Waals surface area contributed by atoms with E-state index in [1.807, 2.05) is 0 Å². The van der Waals surface area contributed by atoms with Crippen LogP contribution in [0, 0.1) is 12.7 Å². The Kier molecular flexibility index (Phi) is 8.40. The van der Waals surface area contributed by atoms with Gasteiger partial charge in [0.05, 0.1) is 17.2 Å². The second kappa shape index (κ2) is 12.4. The fourth-order valence-corrected chi connectivity index (χ4v) is 7.35. The molecule has 4 heterocycles. The van der Waals surface area contributed by atoms with Crippen molar-refractivity contribution in [2.45, 2.75) is 43.5 Å². The number of aliphatic hydroxyl groups is 1. The Hall–Kier alpha value is -5.29. The minimum Gasteiger partial charge on any atom is -0.440 e. The van der Waals surface area contributed by atoms with Crippen LogP contribution in [-0.4, -0.2) is 64.7 Å². The molecule has 0 radical (unpaired) electrons. The Balaban J connectivity index is 1.42. The maximum absolute atomic E-state index is 15.6. The number of benzene rings is 3. The zero-order chi connectivity index (χ0) is 37.3. The number of hydrogen-bond donors (Lipinski definition) is 1. The van der Waals surface area contributed by atoms with Crippen molar-refractivity contribution in [1.29, 1.82) is 0 Å². The molecule has 2 aromatic heterocycles. The number of aliphatic hydroxyl groups excluding tert-OH is 1. The zero-order valence-corrected chi connectivity index (χ0v) is 28.5. The van der Waals surface area contributed by atoms with E-state index in [9.17, 15) is 27.1 Å². The van der Waals surface area contributed by atoms with Crippen molar-refractivity contribution in [3.63, 3.8) is 0 Å². The van der Waals surface area contributed by atoms with E-state index in [0.717, 1.165) is 28.0 Å². The van der Waals surface area contributed by atoms with Gasteiger partial charge in [-0.2, -0.15) is 13.9 Å². The van der Waals surface area contributed by atoms with Gasteiger partial charge in [0, 0.05) is 55.6 Å². The zero-order valence-electron chi connectivity index (χ0n) is 27.7. The number of likely N-dealkylation sites (tertiary alicyclic amines) is 1. The van der Waals surface area contributed by atoms with Crippen LogP contribution in [-0.2, 0) is 34.2 Å². The molecule has 1 fully saturated rings. The van der Waals surface area contributed by atoms with Gasteiger partial charge in [0.15, 0.2) is 33.0 Å². The fraction of sp³-hybridized carbons (Fsp3) is 0.286. The predicted octanol–water partition coefficient (Wildman–Crippen LogP) is 6.46. The molecule has 1 amide bonds. The third-order valence-electron chi connectivity index (χ3n) is 8.86. The second-order valence-corrected chi connectivity index (χ2v) is 14.5. The van der Waals surface area contributed by atoms with Crippen molar-refractivity contribution in [3.05, 3.63) is 77.6 Å². The molecule has 1 saturated heterocycles. The molecule has 2 aliphatic heterocycles. The molecule has 7 rings (SSSR count). The summed E-state index contributed by atoms with van der Waals surface area (Å²) >= 11 is 0. The molecule has 5 aromatic rings. The quantitative estimate of drug-likeness (QED) is 0.178. The van der Waals surface area contributed by atoms with E-state index in [-0.39, 0.29) is 75.4 Å². The molecule has 0 bridgehead atoms. The molecule has 0 saturated carbocycles. The summed E-state index contributed by atoms with van der Waals surface area (Å²) in [7, 11) is -2.61. The van der Waals surface area contributed by atoms with Crippen molar-refractivity contribution in [2.24, 2.45) is 7.05 Å². The number of oxazole rings is 1. The van der Waals surface area contributed by atoms with Gasteiger partial charge in [-0.25, -0.2) is 17.8 Å². The van der Waals surface area contributed by atoms with Crippen LogP contribution < -0.4 is 9.47 Å². The van der Waals surface area contributed by atoms with Crippen molar-refractivity contribution in [1.82, 2.24) is 19.7 Å². The van der Waals surface area contributed by atoms with Crippen molar-refractivity contribution >= 4 is 15.7 Å². The number of aromatic nitrogens is 3. The summed E-state index contributed by atoms with van der Waals surface area (Å²) in [6, 6.07) is 11.7. The summed E-state index contributed by atoms with van der Waals surface area (Å²) in [4.78, 5) is 18.0. The first kappa shape index (κ1) is 35.1. The van der Waals surface area contributed by atoms with Crippen LogP contribution in [0.2, 0.25) is 0 Å². The number of aryl methyl sites for hydroxylation is 2. The Morgan fingerprint density at radius 3 is 2.35 bits per heavy atom. The number of carbonyl (C=O) groups excluding carboxylic acids is 1. The molecule has 0 aliphatic carbocycles. The van der Waals surface area contributed by atoms with Gasteiger partial charge in [-0.1, -0.05) is 12.1 Å². The van der Waals surface area contributed by atoms with Crippen molar-refractivity contribution < 1.29 is 54.2 Å². The number of rotatable bonds is 8. The molecule has 0 unspecified atom stereocenters. The number of fused-ring (bicyclic) bond motifs is 1. The van der Waals surface area contributed by atoms with Crippen LogP contribution in [0.1, 0.15) is 30.0 Å². The van der Waals surface area contributed by atoms with Crippen LogP contribution in [0.3, 0.4) is 0 Å². The molecule has 52 heavy (non-hydrogen) atoms. The monoisotopic (exact) mass is 744 g/mol. The number of sulfone groups is 1. The van der Waals surface area contributed by atoms with Crippen LogP contribution in [0.15, 0.2) is 63.9 Å². The molecule has 0 atom stereocenters. The first-order chi connectivity index (χ1) is 24.5. The van der Waals surface area contributed by atoms with E-state index in [1.54, 1.807) is 0 Å². The normalized spacial score (nSPS) is 15.4. The van der Waals surface area contributed by atoms with E-state index in [1.165, 1.54) is 56.4 Å². The number of amides is 1. The summed E-state index contributed by atoms with van der Waals surface area (Å²) in [5.41, 5.74) is -0.0218. The molecule has 3 aromatic carbocycles. The largest absolute Gasteiger partial charge is 0.586 e. The van der Waals surface area contributed by atoms with Crippen LogP contribution in [0.4, 0.5) is 22.0 Å². The number of carbonyl (C=O) groups is 1. The second-order valence-electron chi connectivity index (χ2n) is 12.5. The Labute approximate surface area is 293 Å². The highest BCUT2D eigenvalue weighted by Crippen LogP contribution is 2.46. The highest BCUT2D eigenvalue weighted by molar-refractivity contribution is 7.90. The first-order valence-electron chi connectivity index (χ1n) is 15.8. The molecule has 11 nitrogen and oxygen atoms in total. The molecule has 272 valence electrons. The van der Waals surface area contributed by atoms with E-state index in [2.05, 4.69) is 19.6 Å². The van der Waals surface area contributed by atoms with Gasteiger partial charge in [-0.3, -0.25) is 9.48 Å². The number of alkyl halides is 4. The minimum absolute atomic E-state index is 0.0263. The van der Waals surface area contributed by atoms with E-state index >= 15 is 13.2 Å². The smallest absolute Gasteiger partial charge is 0.440 e. The third-order valence-corrected chi connectivity index (χ3v) is 10.0. The molecular formula is C35H29F5N4O7S. The lowest BCUT2D eigenvalue weighted by atomic mass is 9.93. The third kappa shape index (κ3) is 6.17. The van der Waals surface area contributed by atoms with E-state index in [0.29, 0.717) is 12.8 Å². The van der Waals surface area contributed by atoms with Crippen LogP contribution >= 0.6 is 0 Å². The molecule has 0 spiro atoms. The number of ether oxygens (including phenoxy) is 2. The van der Waals surface area contributed by atoms with Gasteiger partial charge < -0.3 is 23.9 Å². The topological polar surface area (TPSA) is 137 Å². The maximum atomic E-state index is 15.6. The summed E-state index contributed by atoms with van der Waals surface area (Å²) in [5.74, 6) is -6.68. The minimum atomic E-state index is -4.01. The van der Waals surface area contributed by atoms with Crippen LogP contribution in [0.5, 0.6) is 11.5 Å². The highest BCUT2D eigenvalue weighted by Gasteiger charge is 2.47.